The van der Waals surface area contributed by atoms with Crippen molar-refractivity contribution >= 4 is 0 Å². The van der Waals surface area contributed by atoms with Crippen LogP contribution in [0.25, 0.3) is 0 Å². The summed E-state index contributed by atoms with van der Waals surface area (Å²) < 4.78 is 13.5. The van der Waals surface area contributed by atoms with Crippen LogP contribution in [0.2, 0.25) is 0 Å². The number of aliphatic hydroxyl groups is 1. The number of hydrogen-bond donors (Lipinski definition) is 2. The number of rotatable bonds is 6. The van der Waals surface area contributed by atoms with Gasteiger partial charge in [-0.1, -0.05) is 18.8 Å². The van der Waals surface area contributed by atoms with Gasteiger partial charge in [-0.2, -0.15) is 0 Å². The lowest BCUT2D eigenvalue weighted by atomic mass is 10.1. The molecule has 0 unspecified atom stereocenters. The highest BCUT2D eigenvalue weighted by molar-refractivity contribution is 5.38. The van der Waals surface area contributed by atoms with Gasteiger partial charge in [0, 0.05) is 25.3 Å². The van der Waals surface area contributed by atoms with E-state index in [1.54, 1.807) is 0 Å². The molecular formula is C15H21FN2O. The molecule has 0 amide bonds. The average molecular weight is 264 g/mol. The first-order valence-corrected chi connectivity index (χ1v) is 6.51. The molecule has 3 nitrogen and oxygen atoms in total. The molecule has 0 aliphatic carbocycles. The van der Waals surface area contributed by atoms with E-state index in [2.05, 4.69) is 16.7 Å². The second-order valence-electron chi connectivity index (χ2n) is 4.30. The summed E-state index contributed by atoms with van der Waals surface area (Å²) in [6.07, 6.45) is 0.725. The molecule has 0 aliphatic rings. The van der Waals surface area contributed by atoms with Crippen LogP contribution in [0.5, 0.6) is 0 Å². The Labute approximate surface area is 114 Å². The van der Waals surface area contributed by atoms with Crippen molar-refractivity contribution in [2.75, 3.05) is 26.2 Å². The van der Waals surface area contributed by atoms with Crippen molar-refractivity contribution < 1.29 is 9.50 Å². The zero-order valence-electron chi connectivity index (χ0n) is 11.3. The number of halogens is 1. The summed E-state index contributed by atoms with van der Waals surface area (Å²) in [7, 11) is 0. The van der Waals surface area contributed by atoms with E-state index >= 15 is 0 Å². The Kier molecular flexibility index (Phi) is 7.12. The van der Waals surface area contributed by atoms with Gasteiger partial charge in [0.2, 0.25) is 0 Å². The molecule has 104 valence electrons. The maximum absolute atomic E-state index is 13.5. The molecule has 0 aliphatic heterocycles. The van der Waals surface area contributed by atoms with Crippen molar-refractivity contribution in [2.45, 2.75) is 19.9 Å². The van der Waals surface area contributed by atoms with E-state index < -0.39 is 0 Å². The summed E-state index contributed by atoms with van der Waals surface area (Å²) in [6, 6.07) is 4.82. The van der Waals surface area contributed by atoms with Crippen molar-refractivity contribution in [1.82, 2.24) is 4.90 Å². The third-order valence-electron chi connectivity index (χ3n) is 2.78. The zero-order valence-corrected chi connectivity index (χ0v) is 11.3. The van der Waals surface area contributed by atoms with Crippen LogP contribution in [0, 0.1) is 17.7 Å². The summed E-state index contributed by atoms with van der Waals surface area (Å²) >= 11 is 0. The number of nitrogens with zero attached hydrogens (tertiary/aromatic N) is 1. The summed E-state index contributed by atoms with van der Waals surface area (Å²) in [5.41, 5.74) is 6.85. The van der Waals surface area contributed by atoms with Gasteiger partial charge in [-0.15, -0.1) is 0 Å². The lowest BCUT2D eigenvalue weighted by molar-refractivity contribution is 0.225. The molecule has 0 saturated carbocycles. The quantitative estimate of drug-likeness (QED) is 0.762. The molecule has 3 N–H and O–H groups in total. The largest absolute Gasteiger partial charge is 0.396 e. The van der Waals surface area contributed by atoms with Crippen LogP contribution in [0.1, 0.15) is 24.5 Å². The molecule has 0 radical (unpaired) electrons. The third kappa shape index (κ3) is 5.84. The summed E-state index contributed by atoms with van der Waals surface area (Å²) in [5, 5.41) is 8.85. The van der Waals surface area contributed by atoms with Crippen LogP contribution < -0.4 is 5.73 Å². The van der Waals surface area contributed by atoms with Gasteiger partial charge in [0.1, 0.15) is 5.82 Å². The number of nitrogens with two attached hydrogens (primary N) is 1. The van der Waals surface area contributed by atoms with Gasteiger partial charge in [0.15, 0.2) is 0 Å². The number of hydrogen-bond acceptors (Lipinski definition) is 3. The first-order chi connectivity index (χ1) is 9.19. The first-order valence-electron chi connectivity index (χ1n) is 6.51. The van der Waals surface area contributed by atoms with Crippen LogP contribution in [-0.4, -0.2) is 36.2 Å². The minimum atomic E-state index is -0.281. The van der Waals surface area contributed by atoms with E-state index in [4.69, 9.17) is 10.8 Å². The van der Waals surface area contributed by atoms with Crippen molar-refractivity contribution in [2.24, 2.45) is 5.73 Å². The smallest absolute Gasteiger partial charge is 0.124 e. The van der Waals surface area contributed by atoms with E-state index in [0.29, 0.717) is 12.1 Å². The van der Waals surface area contributed by atoms with E-state index in [-0.39, 0.29) is 19.0 Å². The summed E-state index contributed by atoms with van der Waals surface area (Å²) in [5.74, 6) is 5.29. The fourth-order valence-electron chi connectivity index (χ4n) is 1.87. The molecule has 0 atom stereocenters. The molecule has 0 saturated heterocycles. The first kappa shape index (κ1) is 15.6. The molecule has 4 heteroatoms. The minimum Gasteiger partial charge on any atom is -0.396 e. The maximum Gasteiger partial charge on any atom is 0.124 e. The normalized spacial score (nSPS) is 10.4. The molecule has 19 heavy (non-hydrogen) atoms. The van der Waals surface area contributed by atoms with Gasteiger partial charge >= 0.3 is 0 Å². The highest BCUT2D eigenvalue weighted by Gasteiger charge is 2.05. The van der Waals surface area contributed by atoms with E-state index in [0.717, 1.165) is 25.1 Å². The standard InChI is InChI=1S/C15H21FN2O/c1-2-18(7-4-8-19)12-14-9-13(5-3-6-17)10-15(16)11-14/h9-11,19H,2,4,6-8,12,17H2,1H3. The van der Waals surface area contributed by atoms with Gasteiger partial charge < -0.3 is 10.8 Å². The topological polar surface area (TPSA) is 49.5 Å². The average Bonchev–Trinajstić information content (AvgIpc) is 2.40. The Morgan fingerprint density at radius 3 is 2.79 bits per heavy atom. The van der Waals surface area contributed by atoms with Crippen LogP contribution >= 0.6 is 0 Å². The van der Waals surface area contributed by atoms with Crippen molar-refractivity contribution in [3.63, 3.8) is 0 Å². The van der Waals surface area contributed by atoms with Crippen molar-refractivity contribution in [1.29, 1.82) is 0 Å². The van der Waals surface area contributed by atoms with Gasteiger partial charge in [0.25, 0.3) is 0 Å². The van der Waals surface area contributed by atoms with Crippen LogP contribution in [-0.2, 0) is 6.54 Å². The molecule has 1 aromatic rings. The fourth-order valence-corrected chi connectivity index (χ4v) is 1.87. The van der Waals surface area contributed by atoms with E-state index in [1.807, 2.05) is 13.0 Å². The van der Waals surface area contributed by atoms with Gasteiger partial charge in [-0.05, 0) is 36.7 Å². The Morgan fingerprint density at radius 2 is 2.16 bits per heavy atom. The zero-order chi connectivity index (χ0) is 14.1. The summed E-state index contributed by atoms with van der Waals surface area (Å²) in [6.45, 7) is 4.81. The van der Waals surface area contributed by atoms with Crippen molar-refractivity contribution in [3.05, 3.63) is 35.1 Å². The monoisotopic (exact) mass is 264 g/mol. The Balaban J connectivity index is 2.78. The highest BCUT2D eigenvalue weighted by Crippen LogP contribution is 2.11. The Hall–Kier alpha value is -1.41. The van der Waals surface area contributed by atoms with Crippen LogP contribution in [0.3, 0.4) is 0 Å². The highest BCUT2D eigenvalue weighted by atomic mass is 19.1. The predicted molar refractivity (Wildman–Crippen MR) is 75.0 cm³/mol. The van der Waals surface area contributed by atoms with Crippen LogP contribution in [0.4, 0.5) is 4.39 Å². The minimum absolute atomic E-state index is 0.173. The second-order valence-corrected chi connectivity index (χ2v) is 4.30. The fraction of sp³-hybridized carbons (Fsp3) is 0.467. The van der Waals surface area contributed by atoms with Crippen molar-refractivity contribution in [3.8, 4) is 11.8 Å². The molecule has 0 heterocycles. The van der Waals surface area contributed by atoms with E-state index in [1.165, 1.54) is 12.1 Å². The Bertz CT molecular complexity index is 451. The van der Waals surface area contributed by atoms with E-state index in [9.17, 15) is 4.39 Å². The van der Waals surface area contributed by atoms with Gasteiger partial charge in [-0.3, -0.25) is 4.90 Å². The second kappa shape index (κ2) is 8.65. The molecule has 1 rings (SSSR count). The Morgan fingerprint density at radius 1 is 1.37 bits per heavy atom. The molecule has 1 aromatic carbocycles. The lowest BCUT2D eigenvalue weighted by Gasteiger charge is -2.20. The van der Waals surface area contributed by atoms with Gasteiger partial charge in [-0.25, -0.2) is 4.39 Å². The molecular weight excluding hydrogens is 243 g/mol. The lowest BCUT2D eigenvalue weighted by Crippen LogP contribution is -2.24. The summed E-state index contributed by atoms with van der Waals surface area (Å²) in [4.78, 5) is 2.16. The molecule has 0 spiro atoms. The van der Waals surface area contributed by atoms with Crippen LogP contribution in [0.15, 0.2) is 18.2 Å². The maximum atomic E-state index is 13.5. The number of benzene rings is 1. The predicted octanol–water partition coefficient (Wildman–Crippen LogP) is 1.34. The molecule has 0 bridgehead atoms. The molecule has 0 aromatic heterocycles. The SMILES string of the molecule is CCN(CCCO)Cc1cc(F)cc(C#CCN)c1. The van der Waals surface area contributed by atoms with Gasteiger partial charge in [0.05, 0.1) is 6.54 Å². The third-order valence-corrected chi connectivity index (χ3v) is 2.78. The molecule has 0 fully saturated rings. The number of aliphatic hydroxyl groups excluding tert-OH is 1.